The number of hydrogen-bond donors (Lipinski definition) is 2. The van der Waals surface area contributed by atoms with E-state index in [2.05, 4.69) is 46.8 Å². The van der Waals surface area contributed by atoms with Crippen LogP contribution in [0.3, 0.4) is 0 Å². The fourth-order valence-electron chi connectivity index (χ4n) is 2.85. The van der Waals surface area contributed by atoms with Gasteiger partial charge in [-0.25, -0.2) is 4.98 Å². The standard InChI is InChI=1S/C21H21N3O2S2/c1-2-3-13-4-6-14(7-5-13)16-12-27-21(22-16)24-20(26)17-10-11-18(28-17)23-19(25)15-8-9-15/h4-7,10-12,15H,2-3,8-9H2,1H3,(H,23,25)(H,22,24,26). The van der Waals surface area contributed by atoms with E-state index in [4.69, 9.17) is 0 Å². The minimum atomic E-state index is -0.212. The minimum absolute atomic E-state index is 0.0447. The molecule has 0 radical (unpaired) electrons. The lowest BCUT2D eigenvalue weighted by atomic mass is 10.1. The molecule has 0 unspecified atom stereocenters. The smallest absolute Gasteiger partial charge is 0.267 e. The van der Waals surface area contributed by atoms with Gasteiger partial charge in [-0.3, -0.25) is 14.9 Å². The van der Waals surface area contributed by atoms with Crippen molar-refractivity contribution in [3.05, 3.63) is 52.2 Å². The van der Waals surface area contributed by atoms with Crippen LogP contribution in [-0.4, -0.2) is 16.8 Å². The van der Waals surface area contributed by atoms with Gasteiger partial charge in [0.1, 0.15) is 0 Å². The molecule has 2 aromatic heterocycles. The molecule has 1 saturated carbocycles. The third kappa shape index (κ3) is 4.48. The summed E-state index contributed by atoms with van der Waals surface area (Å²) in [5, 5.41) is 8.93. The molecule has 7 heteroatoms. The lowest BCUT2D eigenvalue weighted by Gasteiger charge is -2.01. The molecule has 3 aromatic rings. The van der Waals surface area contributed by atoms with Gasteiger partial charge in [-0.1, -0.05) is 37.6 Å². The molecule has 1 aromatic carbocycles. The first kappa shape index (κ1) is 18.8. The summed E-state index contributed by atoms with van der Waals surface area (Å²) in [4.78, 5) is 29.4. The van der Waals surface area contributed by atoms with Crippen LogP contribution < -0.4 is 10.6 Å². The van der Waals surface area contributed by atoms with Crippen LogP contribution in [0.5, 0.6) is 0 Å². The number of aromatic nitrogens is 1. The summed E-state index contributed by atoms with van der Waals surface area (Å²) in [5.41, 5.74) is 3.21. The molecule has 5 nitrogen and oxygen atoms in total. The van der Waals surface area contributed by atoms with Crippen LogP contribution in [0.1, 0.15) is 41.4 Å². The van der Waals surface area contributed by atoms with E-state index >= 15 is 0 Å². The van der Waals surface area contributed by atoms with Crippen molar-refractivity contribution in [2.75, 3.05) is 10.6 Å². The molecule has 28 heavy (non-hydrogen) atoms. The normalized spacial score (nSPS) is 13.3. The molecule has 2 N–H and O–H groups in total. The van der Waals surface area contributed by atoms with E-state index < -0.39 is 0 Å². The third-order valence-corrected chi connectivity index (χ3v) is 6.29. The molecule has 1 aliphatic rings. The summed E-state index contributed by atoms with van der Waals surface area (Å²) in [7, 11) is 0. The number of thiophene rings is 1. The summed E-state index contributed by atoms with van der Waals surface area (Å²) in [6, 6.07) is 11.9. The van der Waals surface area contributed by atoms with Gasteiger partial charge in [0, 0.05) is 16.9 Å². The van der Waals surface area contributed by atoms with Crippen LogP contribution in [0.15, 0.2) is 41.8 Å². The Hall–Kier alpha value is -2.51. The van der Waals surface area contributed by atoms with E-state index in [-0.39, 0.29) is 17.7 Å². The lowest BCUT2D eigenvalue weighted by Crippen LogP contribution is -2.12. The quantitative estimate of drug-likeness (QED) is 0.545. The molecule has 1 aliphatic carbocycles. The molecule has 144 valence electrons. The number of carbonyl (C=O) groups excluding carboxylic acids is 2. The summed E-state index contributed by atoms with van der Waals surface area (Å²) >= 11 is 2.68. The number of amides is 2. The maximum Gasteiger partial charge on any atom is 0.267 e. The highest BCUT2D eigenvalue weighted by Gasteiger charge is 2.29. The van der Waals surface area contributed by atoms with Crippen LogP contribution in [0, 0.1) is 5.92 Å². The maximum absolute atomic E-state index is 12.5. The molecule has 0 bridgehead atoms. The molecule has 4 rings (SSSR count). The summed E-state index contributed by atoms with van der Waals surface area (Å²) in [5.74, 6) is -0.0244. The van der Waals surface area contributed by atoms with Gasteiger partial charge in [-0.05, 0) is 37.0 Å². The van der Waals surface area contributed by atoms with E-state index in [9.17, 15) is 9.59 Å². The highest BCUT2D eigenvalue weighted by molar-refractivity contribution is 7.18. The number of nitrogens with zero attached hydrogens (tertiary/aromatic N) is 1. The summed E-state index contributed by atoms with van der Waals surface area (Å²) in [6.45, 7) is 2.17. The number of benzene rings is 1. The van der Waals surface area contributed by atoms with E-state index in [0.717, 1.165) is 36.9 Å². The van der Waals surface area contributed by atoms with Crippen molar-refractivity contribution in [1.29, 1.82) is 0 Å². The molecule has 0 spiro atoms. The van der Waals surface area contributed by atoms with Gasteiger partial charge in [-0.15, -0.1) is 22.7 Å². The number of hydrogen-bond acceptors (Lipinski definition) is 5. The zero-order valence-electron chi connectivity index (χ0n) is 15.5. The average molecular weight is 412 g/mol. The lowest BCUT2D eigenvalue weighted by molar-refractivity contribution is -0.117. The van der Waals surface area contributed by atoms with Crippen LogP contribution >= 0.6 is 22.7 Å². The Kier molecular flexibility index (Phi) is 5.54. The Morgan fingerprint density at radius 3 is 2.61 bits per heavy atom. The first-order valence-corrected chi connectivity index (χ1v) is 11.1. The molecule has 2 heterocycles. The largest absolute Gasteiger partial charge is 0.317 e. The summed E-state index contributed by atoms with van der Waals surface area (Å²) < 4.78 is 0. The molecule has 0 atom stereocenters. The first-order chi connectivity index (χ1) is 13.6. The van der Waals surface area contributed by atoms with Crippen molar-refractivity contribution in [2.24, 2.45) is 5.92 Å². The number of carbonyl (C=O) groups is 2. The Morgan fingerprint density at radius 1 is 1.11 bits per heavy atom. The van der Waals surface area contributed by atoms with Crippen LogP contribution in [-0.2, 0) is 11.2 Å². The van der Waals surface area contributed by atoms with E-state index in [0.29, 0.717) is 15.0 Å². The number of aryl methyl sites for hydroxylation is 1. The first-order valence-electron chi connectivity index (χ1n) is 9.39. The molecular weight excluding hydrogens is 390 g/mol. The Labute approximate surface area is 171 Å². The SMILES string of the molecule is CCCc1ccc(-c2csc(NC(=O)c3ccc(NC(=O)C4CC4)s3)n2)cc1. The van der Waals surface area contributed by atoms with E-state index in [1.54, 1.807) is 12.1 Å². The van der Waals surface area contributed by atoms with Crippen molar-refractivity contribution < 1.29 is 9.59 Å². The van der Waals surface area contributed by atoms with E-state index in [1.165, 1.54) is 28.2 Å². The second kappa shape index (κ2) is 8.24. The zero-order chi connectivity index (χ0) is 19.5. The van der Waals surface area contributed by atoms with Gasteiger partial charge < -0.3 is 5.32 Å². The zero-order valence-corrected chi connectivity index (χ0v) is 17.2. The average Bonchev–Trinajstić information content (AvgIpc) is 3.28. The molecule has 0 aliphatic heterocycles. The van der Waals surface area contributed by atoms with Gasteiger partial charge in [0.15, 0.2) is 5.13 Å². The fraction of sp³-hybridized carbons (Fsp3) is 0.286. The van der Waals surface area contributed by atoms with Crippen LogP contribution in [0.4, 0.5) is 10.1 Å². The predicted molar refractivity (Wildman–Crippen MR) is 115 cm³/mol. The topological polar surface area (TPSA) is 71.1 Å². The van der Waals surface area contributed by atoms with Gasteiger partial charge in [0.05, 0.1) is 15.6 Å². The summed E-state index contributed by atoms with van der Waals surface area (Å²) in [6.07, 6.45) is 4.11. The highest BCUT2D eigenvalue weighted by Crippen LogP contribution is 2.32. The number of thiazole rings is 1. The Morgan fingerprint density at radius 2 is 1.89 bits per heavy atom. The number of rotatable bonds is 7. The van der Waals surface area contributed by atoms with E-state index in [1.807, 2.05) is 5.38 Å². The van der Waals surface area contributed by atoms with Crippen LogP contribution in [0.2, 0.25) is 0 Å². The molecule has 1 fully saturated rings. The highest BCUT2D eigenvalue weighted by atomic mass is 32.1. The van der Waals surface area contributed by atoms with Crippen molar-refractivity contribution in [3.63, 3.8) is 0 Å². The third-order valence-electron chi connectivity index (χ3n) is 4.54. The van der Waals surface area contributed by atoms with Gasteiger partial charge in [-0.2, -0.15) is 0 Å². The van der Waals surface area contributed by atoms with Gasteiger partial charge in [0.2, 0.25) is 5.91 Å². The fourth-order valence-corrected chi connectivity index (χ4v) is 4.37. The van der Waals surface area contributed by atoms with Crippen molar-refractivity contribution in [2.45, 2.75) is 32.6 Å². The Bertz CT molecular complexity index is 987. The molecular formula is C21H21N3O2S2. The maximum atomic E-state index is 12.5. The van der Waals surface area contributed by atoms with Gasteiger partial charge >= 0.3 is 0 Å². The van der Waals surface area contributed by atoms with Crippen molar-refractivity contribution in [1.82, 2.24) is 4.98 Å². The van der Waals surface area contributed by atoms with Crippen molar-refractivity contribution >= 4 is 44.6 Å². The molecule has 2 amide bonds. The van der Waals surface area contributed by atoms with Crippen molar-refractivity contribution in [3.8, 4) is 11.3 Å². The van der Waals surface area contributed by atoms with Crippen LogP contribution in [0.25, 0.3) is 11.3 Å². The van der Waals surface area contributed by atoms with Gasteiger partial charge in [0.25, 0.3) is 5.91 Å². The number of nitrogens with one attached hydrogen (secondary N) is 2. The predicted octanol–water partition coefficient (Wildman–Crippen LogP) is 5.42. The Balaban J connectivity index is 1.38. The monoisotopic (exact) mass is 411 g/mol. The second-order valence-electron chi connectivity index (χ2n) is 6.87. The second-order valence-corrected chi connectivity index (χ2v) is 8.81. The minimum Gasteiger partial charge on any atom is -0.317 e. The number of anilines is 2. The molecule has 0 saturated heterocycles.